The average molecular weight is 510 g/mol. The Kier molecular flexibility index (Phi) is 7.49. The first-order valence-electron chi connectivity index (χ1n) is 9.27. The first kappa shape index (κ1) is 20.8. The number of carbonyl (C=O) groups excluding carboxylic acids is 1. The SMILES string of the molecule is CCCNc1nc(SCC)nc2c1cnn2CCNC(=O)c1ccccc1I. The van der Waals surface area contributed by atoms with Gasteiger partial charge in [0.1, 0.15) is 5.82 Å². The second-order valence-electron chi connectivity index (χ2n) is 6.06. The highest BCUT2D eigenvalue weighted by Crippen LogP contribution is 2.24. The van der Waals surface area contributed by atoms with E-state index in [1.165, 1.54) is 0 Å². The minimum Gasteiger partial charge on any atom is -0.369 e. The topological polar surface area (TPSA) is 84.7 Å². The molecule has 28 heavy (non-hydrogen) atoms. The summed E-state index contributed by atoms with van der Waals surface area (Å²) in [5.74, 6) is 1.64. The van der Waals surface area contributed by atoms with Gasteiger partial charge in [-0.1, -0.05) is 37.7 Å². The Morgan fingerprint density at radius 3 is 2.79 bits per heavy atom. The molecular formula is C19H23IN6OS. The number of aromatic nitrogens is 4. The van der Waals surface area contributed by atoms with E-state index in [1.807, 2.05) is 28.9 Å². The zero-order chi connectivity index (χ0) is 19.9. The average Bonchev–Trinajstić information content (AvgIpc) is 3.10. The molecule has 3 rings (SSSR count). The maximum atomic E-state index is 12.4. The van der Waals surface area contributed by atoms with Gasteiger partial charge >= 0.3 is 0 Å². The summed E-state index contributed by atoms with van der Waals surface area (Å²) in [6, 6.07) is 7.54. The summed E-state index contributed by atoms with van der Waals surface area (Å²) in [5.41, 5.74) is 1.47. The van der Waals surface area contributed by atoms with Gasteiger partial charge in [0.2, 0.25) is 0 Å². The molecule has 0 atom stereocenters. The maximum absolute atomic E-state index is 12.4. The quantitative estimate of drug-likeness (QED) is 0.259. The number of nitrogens with one attached hydrogen (secondary N) is 2. The lowest BCUT2D eigenvalue weighted by Gasteiger charge is -2.09. The minimum absolute atomic E-state index is 0.0800. The van der Waals surface area contributed by atoms with Gasteiger partial charge in [0, 0.05) is 16.7 Å². The van der Waals surface area contributed by atoms with Crippen molar-refractivity contribution in [1.29, 1.82) is 0 Å². The standard InChI is InChI=1S/C19H23IN6OS/c1-3-9-21-16-14-12-23-26(17(14)25-19(24-16)28-4-2)11-10-22-18(27)13-7-5-6-8-15(13)20/h5-8,12H,3-4,9-11H2,1-2H3,(H,22,27)(H,21,24,25). The number of hydrogen-bond donors (Lipinski definition) is 2. The van der Waals surface area contributed by atoms with Crippen LogP contribution in [-0.2, 0) is 6.54 Å². The monoisotopic (exact) mass is 510 g/mol. The third-order valence-corrected chi connectivity index (χ3v) is 5.69. The summed E-state index contributed by atoms with van der Waals surface area (Å²) >= 11 is 3.77. The van der Waals surface area contributed by atoms with Crippen LogP contribution in [0, 0.1) is 3.57 Å². The third kappa shape index (κ3) is 4.93. The van der Waals surface area contributed by atoms with Crippen LogP contribution in [0.4, 0.5) is 5.82 Å². The van der Waals surface area contributed by atoms with Crippen molar-refractivity contribution in [2.24, 2.45) is 0 Å². The van der Waals surface area contributed by atoms with Crippen LogP contribution >= 0.6 is 34.4 Å². The number of halogens is 1. The summed E-state index contributed by atoms with van der Waals surface area (Å²) in [6.45, 7) is 6.05. The Hall–Kier alpha value is -1.88. The fourth-order valence-electron chi connectivity index (χ4n) is 2.69. The van der Waals surface area contributed by atoms with Gasteiger partial charge in [0.05, 0.1) is 23.7 Å². The van der Waals surface area contributed by atoms with E-state index in [0.717, 1.165) is 44.3 Å². The molecule has 0 saturated heterocycles. The van der Waals surface area contributed by atoms with Gasteiger partial charge in [-0.25, -0.2) is 14.6 Å². The number of benzene rings is 1. The molecule has 0 unspecified atom stereocenters. The van der Waals surface area contributed by atoms with E-state index in [2.05, 4.69) is 62.1 Å². The van der Waals surface area contributed by atoms with Gasteiger partial charge in [-0.3, -0.25) is 4.79 Å². The van der Waals surface area contributed by atoms with Crippen LogP contribution in [0.3, 0.4) is 0 Å². The highest BCUT2D eigenvalue weighted by Gasteiger charge is 2.14. The molecule has 0 aliphatic heterocycles. The molecule has 3 aromatic rings. The van der Waals surface area contributed by atoms with E-state index in [0.29, 0.717) is 18.7 Å². The Balaban J connectivity index is 1.75. The Morgan fingerprint density at radius 2 is 2.04 bits per heavy atom. The lowest BCUT2D eigenvalue weighted by atomic mass is 10.2. The molecule has 7 nitrogen and oxygen atoms in total. The third-order valence-electron chi connectivity index (χ3n) is 4.02. The second kappa shape index (κ2) is 10.1. The van der Waals surface area contributed by atoms with E-state index in [1.54, 1.807) is 18.0 Å². The van der Waals surface area contributed by atoms with Crippen molar-refractivity contribution in [3.8, 4) is 0 Å². The van der Waals surface area contributed by atoms with E-state index in [-0.39, 0.29) is 5.91 Å². The summed E-state index contributed by atoms with van der Waals surface area (Å²) in [5, 5.41) is 12.4. The molecule has 0 aliphatic carbocycles. The van der Waals surface area contributed by atoms with E-state index < -0.39 is 0 Å². The maximum Gasteiger partial charge on any atom is 0.252 e. The lowest BCUT2D eigenvalue weighted by Crippen LogP contribution is -2.28. The molecule has 0 bridgehead atoms. The van der Waals surface area contributed by atoms with Crippen LogP contribution in [0.15, 0.2) is 35.6 Å². The Morgan fingerprint density at radius 1 is 1.21 bits per heavy atom. The molecule has 1 amide bonds. The molecular weight excluding hydrogens is 487 g/mol. The smallest absolute Gasteiger partial charge is 0.252 e. The predicted octanol–water partition coefficient (Wildman–Crippen LogP) is 3.79. The molecule has 9 heteroatoms. The highest BCUT2D eigenvalue weighted by atomic mass is 127. The van der Waals surface area contributed by atoms with Crippen molar-refractivity contribution >= 4 is 57.1 Å². The van der Waals surface area contributed by atoms with Crippen molar-refractivity contribution in [3.63, 3.8) is 0 Å². The number of carbonyl (C=O) groups is 1. The molecule has 2 aromatic heterocycles. The van der Waals surface area contributed by atoms with Crippen LogP contribution in [0.25, 0.3) is 11.0 Å². The molecule has 0 radical (unpaired) electrons. The predicted molar refractivity (Wildman–Crippen MR) is 122 cm³/mol. The molecule has 0 saturated carbocycles. The van der Waals surface area contributed by atoms with Crippen molar-refractivity contribution in [2.45, 2.75) is 32.0 Å². The molecule has 0 fully saturated rings. The van der Waals surface area contributed by atoms with Crippen LogP contribution in [0.1, 0.15) is 30.6 Å². The number of hydrogen-bond acceptors (Lipinski definition) is 6. The van der Waals surface area contributed by atoms with Crippen LogP contribution < -0.4 is 10.6 Å². The normalized spacial score (nSPS) is 11.0. The number of rotatable bonds is 9. The molecule has 0 spiro atoms. The zero-order valence-corrected chi connectivity index (χ0v) is 18.9. The fourth-order valence-corrected chi connectivity index (χ4v) is 3.88. The lowest BCUT2D eigenvalue weighted by molar-refractivity contribution is 0.0951. The van der Waals surface area contributed by atoms with Crippen molar-refractivity contribution in [1.82, 2.24) is 25.1 Å². The van der Waals surface area contributed by atoms with E-state index >= 15 is 0 Å². The summed E-state index contributed by atoms with van der Waals surface area (Å²) in [7, 11) is 0. The molecule has 148 valence electrons. The summed E-state index contributed by atoms with van der Waals surface area (Å²) in [6.07, 6.45) is 2.80. The van der Waals surface area contributed by atoms with Gasteiger partial charge in [0.25, 0.3) is 5.91 Å². The molecule has 1 aromatic carbocycles. The van der Waals surface area contributed by atoms with E-state index in [4.69, 9.17) is 0 Å². The Labute approximate surface area is 182 Å². The largest absolute Gasteiger partial charge is 0.369 e. The van der Waals surface area contributed by atoms with Crippen LogP contribution in [-0.4, -0.2) is 44.5 Å². The molecule has 2 heterocycles. The first-order chi connectivity index (χ1) is 13.6. The van der Waals surface area contributed by atoms with Crippen LogP contribution in [0.2, 0.25) is 0 Å². The number of amides is 1. The summed E-state index contributed by atoms with van der Waals surface area (Å²) in [4.78, 5) is 21.7. The number of anilines is 1. The summed E-state index contributed by atoms with van der Waals surface area (Å²) < 4.78 is 2.76. The first-order valence-corrected chi connectivity index (χ1v) is 11.3. The number of thioether (sulfide) groups is 1. The van der Waals surface area contributed by atoms with Gasteiger partial charge in [0.15, 0.2) is 10.8 Å². The zero-order valence-electron chi connectivity index (χ0n) is 15.9. The number of fused-ring (bicyclic) bond motifs is 1. The van der Waals surface area contributed by atoms with Crippen molar-refractivity contribution < 1.29 is 4.79 Å². The molecule has 2 N–H and O–H groups in total. The number of nitrogens with zero attached hydrogens (tertiary/aromatic N) is 4. The van der Waals surface area contributed by atoms with Crippen molar-refractivity contribution in [3.05, 3.63) is 39.6 Å². The van der Waals surface area contributed by atoms with Crippen molar-refractivity contribution in [2.75, 3.05) is 24.2 Å². The highest BCUT2D eigenvalue weighted by molar-refractivity contribution is 14.1. The molecule has 0 aliphatic rings. The second-order valence-corrected chi connectivity index (χ2v) is 8.45. The fraction of sp³-hybridized carbons (Fsp3) is 0.368. The van der Waals surface area contributed by atoms with E-state index in [9.17, 15) is 4.79 Å². The van der Waals surface area contributed by atoms with Crippen LogP contribution in [0.5, 0.6) is 0 Å². The van der Waals surface area contributed by atoms with Gasteiger partial charge in [-0.05, 0) is 46.9 Å². The Bertz CT molecular complexity index is 961. The van der Waals surface area contributed by atoms with Gasteiger partial charge in [-0.2, -0.15) is 5.10 Å². The minimum atomic E-state index is -0.0800. The van der Waals surface area contributed by atoms with Gasteiger partial charge in [-0.15, -0.1) is 0 Å². The van der Waals surface area contributed by atoms with Gasteiger partial charge < -0.3 is 10.6 Å².